The average Bonchev–Trinajstić information content (AvgIpc) is 2.41. The molecule has 1 aromatic rings. The van der Waals surface area contributed by atoms with E-state index in [1.165, 1.54) is 11.5 Å². The van der Waals surface area contributed by atoms with Crippen molar-refractivity contribution in [1.29, 1.82) is 0 Å². The predicted octanol–water partition coefficient (Wildman–Crippen LogP) is 1.80. The molecule has 0 saturated heterocycles. The second-order valence-electron chi connectivity index (χ2n) is 4.48. The lowest BCUT2D eigenvalue weighted by Gasteiger charge is -2.21. The van der Waals surface area contributed by atoms with Crippen molar-refractivity contribution in [2.24, 2.45) is 0 Å². The summed E-state index contributed by atoms with van der Waals surface area (Å²) in [5.74, 6) is 1.17. The number of ether oxygens (including phenoxy) is 1. The molecule has 14 heavy (non-hydrogen) atoms. The highest BCUT2D eigenvalue weighted by atomic mass is 16.5. The Morgan fingerprint density at radius 1 is 1.57 bits per heavy atom. The third-order valence-electron chi connectivity index (χ3n) is 2.68. The first-order valence-electron chi connectivity index (χ1n) is 5.29. The molecule has 78 valence electrons. The number of fused-ring (bicyclic) bond motifs is 1. The van der Waals surface area contributed by atoms with Crippen LogP contribution in [0.5, 0.6) is 0 Å². The van der Waals surface area contributed by atoms with Gasteiger partial charge in [0.05, 0.1) is 17.9 Å². The molecule has 0 spiro atoms. The maximum Gasteiger partial charge on any atom is 0.111 e. The topological polar surface area (TPSA) is 27.1 Å². The van der Waals surface area contributed by atoms with Crippen LogP contribution in [0.3, 0.4) is 0 Å². The first-order valence-corrected chi connectivity index (χ1v) is 5.29. The van der Waals surface area contributed by atoms with Crippen LogP contribution in [0, 0.1) is 0 Å². The Morgan fingerprint density at radius 2 is 2.36 bits per heavy atom. The molecule has 0 saturated carbocycles. The van der Waals surface area contributed by atoms with Crippen molar-refractivity contribution in [1.82, 2.24) is 9.55 Å². The van der Waals surface area contributed by atoms with E-state index in [9.17, 15) is 0 Å². The van der Waals surface area contributed by atoms with Crippen LogP contribution in [0.2, 0.25) is 0 Å². The van der Waals surface area contributed by atoms with Gasteiger partial charge in [-0.25, -0.2) is 4.98 Å². The summed E-state index contributed by atoms with van der Waals surface area (Å²) in [6.07, 6.45) is 4.08. The maximum atomic E-state index is 5.74. The highest BCUT2D eigenvalue weighted by molar-refractivity contribution is 5.07. The van der Waals surface area contributed by atoms with E-state index in [0.717, 1.165) is 26.0 Å². The van der Waals surface area contributed by atoms with Crippen LogP contribution in [0.25, 0.3) is 0 Å². The van der Waals surface area contributed by atoms with Gasteiger partial charge >= 0.3 is 0 Å². The molecule has 3 heteroatoms. The minimum atomic E-state index is -0.0649. The summed E-state index contributed by atoms with van der Waals surface area (Å²) < 4.78 is 7.97. The standard InChI is InChI=1S/C11H18N2O/c1-4-9-8-13-5-6-14-11(2,3)7-10(13)12-9/h8H,4-7H2,1-3H3. The van der Waals surface area contributed by atoms with Gasteiger partial charge in [-0.2, -0.15) is 0 Å². The number of hydrogen-bond donors (Lipinski definition) is 0. The van der Waals surface area contributed by atoms with Gasteiger partial charge in [-0.05, 0) is 20.3 Å². The summed E-state index contributed by atoms with van der Waals surface area (Å²) in [5, 5.41) is 0. The zero-order valence-electron chi connectivity index (χ0n) is 9.21. The Kier molecular flexibility index (Phi) is 2.35. The van der Waals surface area contributed by atoms with Gasteiger partial charge in [-0.15, -0.1) is 0 Å². The Hall–Kier alpha value is -0.830. The molecular weight excluding hydrogens is 176 g/mol. The lowest BCUT2D eigenvalue weighted by Crippen LogP contribution is -2.26. The summed E-state index contributed by atoms with van der Waals surface area (Å²) in [6, 6.07) is 0. The molecule has 3 nitrogen and oxygen atoms in total. The van der Waals surface area contributed by atoms with Gasteiger partial charge in [0.25, 0.3) is 0 Å². The van der Waals surface area contributed by atoms with Gasteiger partial charge in [0.1, 0.15) is 5.82 Å². The third kappa shape index (κ3) is 1.82. The summed E-state index contributed by atoms with van der Waals surface area (Å²) in [5.41, 5.74) is 1.13. The summed E-state index contributed by atoms with van der Waals surface area (Å²) in [6.45, 7) is 8.13. The fourth-order valence-corrected chi connectivity index (χ4v) is 1.87. The largest absolute Gasteiger partial charge is 0.373 e. The van der Waals surface area contributed by atoms with Crippen LogP contribution in [0.1, 0.15) is 32.3 Å². The molecule has 0 unspecified atom stereocenters. The minimum Gasteiger partial charge on any atom is -0.373 e. The van der Waals surface area contributed by atoms with Gasteiger partial charge in [-0.3, -0.25) is 0 Å². The Bertz CT molecular complexity index is 328. The van der Waals surface area contributed by atoms with Gasteiger partial charge in [0, 0.05) is 19.2 Å². The first kappa shape index (κ1) is 9.71. The molecule has 1 aliphatic rings. The lowest BCUT2D eigenvalue weighted by atomic mass is 10.1. The van der Waals surface area contributed by atoms with Gasteiger partial charge in [0.2, 0.25) is 0 Å². The second kappa shape index (κ2) is 3.39. The van der Waals surface area contributed by atoms with E-state index in [1.54, 1.807) is 0 Å². The average molecular weight is 194 g/mol. The summed E-state index contributed by atoms with van der Waals surface area (Å²) in [4.78, 5) is 4.61. The lowest BCUT2D eigenvalue weighted by molar-refractivity contribution is -0.0126. The molecule has 2 rings (SSSR count). The van der Waals surface area contributed by atoms with Gasteiger partial charge in [0.15, 0.2) is 0 Å². The van der Waals surface area contributed by atoms with E-state index in [-0.39, 0.29) is 5.60 Å². The first-order chi connectivity index (χ1) is 6.61. The number of aromatic nitrogens is 2. The predicted molar refractivity (Wildman–Crippen MR) is 55.3 cm³/mol. The molecule has 0 bridgehead atoms. The molecule has 1 aromatic heterocycles. The van der Waals surface area contributed by atoms with Crippen LogP contribution in [-0.2, 0) is 24.1 Å². The highest BCUT2D eigenvalue weighted by Gasteiger charge is 2.25. The number of imidazole rings is 1. The van der Waals surface area contributed by atoms with E-state index in [1.807, 2.05) is 0 Å². The number of aryl methyl sites for hydroxylation is 1. The van der Waals surface area contributed by atoms with Crippen LogP contribution >= 0.6 is 0 Å². The van der Waals surface area contributed by atoms with Crippen molar-refractivity contribution in [3.8, 4) is 0 Å². The normalized spacial score (nSPS) is 20.2. The van der Waals surface area contributed by atoms with Crippen LogP contribution in [0.4, 0.5) is 0 Å². The number of hydrogen-bond acceptors (Lipinski definition) is 2. The smallest absolute Gasteiger partial charge is 0.111 e. The van der Waals surface area contributed by atoms with E-state index in [4.69, 9.17) is 4.74 Å². The van der Waals surface area contributed by atoms with E-state index in [0.29, 0.717) is 0 Å². The summed E-state index contributed by atoms with van der Waals surface area (Å²) >= 11 is 0. The van der Waals surface area contributed by atoms with Gasteiger partial charge in [-0.1, -0.05) is 6.92 Å². The van der Waals surface area contributed by atoms with E-state index < -0.39 is 0 Å². The molecule has 2 heterocycles. The molecule has 0 radical (unpaired) electrons. The Balaban J connectivity index is 2.30. The van der Waals surface area contributed by atoms with Crippen molar-refractivity contribution in [2.45, 2.75) is 45.8 Å². The number of rotatable bonds is 1. The van der Waals surface area contributed by atoms with Crippen molar-refractivity contribution in [2.75, 3.05) is 6.61 Å². The zero-order valence-corrected chi connectivity index (χ0v) is 9.21. The summed E-state index contributed by atoms with van der Waals surface area (Å²) in [7, 11) is 0. The number of nitrogens with zero attached hydrogens (tertiary/aromatic N) is 2. The molecule has 0 aromatic carbocycles. The Morgan fingerprint density at radius 3 is 3.07 bits per heavy atom. The van der Waals surface area contributed by atoms with Gasteiger partial charge < -0.3 is 9.30 Å². The maximum absolute atomic E-state index is 5.74. The molecular formula is C11H18N2O. The third-order valence-corrected chi connectivity index (χ3v) is 2.68. The molecule has 1 aliphatic heterocycles. The van der Waals surface area contributed by atoms with Crippen LogP contribution in [-0.4, -0.2) is 21.8 Å². The van der Waals surface area contributed by atoms with E-state index >= 15 is 0 Å². The highest BCUT2D eigenvalue weighted by Crippen LogP contribution is 2.20. The molecule has 0 fully saturated rings. The van der Waals surface area contributed by atoms with Crippen molar-refractivity contribution in [3.63, 3.8) is 0 Å². The van der Waals surface area contributed by atoms with Crippen molar-refractivity contribution < 1.29 is 4.74 Å². The molecule has 0 aliphatic carbocycles. The SMILES string of the molecule is CCc1cn2c(n1)CC(C)(C)OCC2. The quantitative estimate of drug-likeness (QED) is 0.681. The fourth-order valence-electron chi connectivity index (χ4n) is 1.87. The van der Waals surface area contributed by atoms with Crippen LogP contribution < -0.4 is 0 Å². The molecule has 0 atom stereocenters. The molecule has 0 amide bonds. The monoisotopic (exact) mass is 194 g/mol. The van der Waals surface area contributed by atoms with Crippen molar-refractivity contribution >= 4 is 0 Å². The fraction of sp³-hybridized carbons (Fsp3) is 0.727. The minimum absolute atomic E-state index is 0.0649. The van der Waals surface area contributed by atoms with E-state index in [2.05, 4.69) is 36.5 Å². The Labute approximate surface area is 85.1 Å². The molecule has 0 N–H and O–H groups in total. The van der Waals surface area contributed by atoms with Crippen LogP contribution in [0.15, 0.2) is 6.20 Å². The zero-order chi connectivity index (χ0) is 10.2. The second-order valence-corrected chi connectivity index (χ2v) is 4.48. The van der Waals surface area contributed by atoms with Crippen molar-refractivity contribution in [3.05, 3.63) is 17.7 Å².